The quantitative estimate of drug-likeness (QED) is 0.737. The largest absolute Gasteiger partial charge is 0.393 e. The summed E-state index contributed by atoms with van der Waals surface area (Å²) in [6.07, 6.45) is 9.73. The molecule has 1 N–H and O–H groups in total. The Bertz CT molecular complexity index is 406. The van der Waals surface area contributed by atoms with Gasteiger partial charge in [-0.05, 0) is 49.9 Å². The fourth-order valence-corrected chi connectivity index (χ4v) is 3.91. The summed E-state index contributed by atoms with van der Waals surface area (Å²) in [5, 5.41) is 10.2. The maximum Gasteiger partial charge on any atom is 0.136 e. The molecule has 0 saturated carbocycles. The molecule has 2 heteroatoms. The third kappa shape index (κ3) is 3.60. The number of aliphatic hydroxyl groups is 1. The van der Waals surface area contributed by atoms with Gasteiger partial charge in [0.1, 0.15) is 5.78 Å². The van der Waals surface area contributed by atoms with Gasteiger partial charge in [0.25, 0.3) is 0 Å². The van der Waals surface area contributed by atoms with Gasteiger partial charge in [-0.2, -0.15) is 0 Å². The number of allylic oxidation sites excluding steroid dienone is 3. The van der Waals surface area contributed by atoms with Gasteiger partial charge in [-0.3, -0.25) is 4.79 Å². The highest BCUT2D eigenvalue weighted by Gasteiger charge is 2.36. The Balaban J connectivity index is 2.28. The number of fused-ring (bicyclic) bond motifs is 1. The van der Waals surface area contributed by atoms with E-state index < -0.39 is 0 Å². The van der Waals surface area contributed by atoms with E-state index in [9.17, 15) is 9.90 Å². The Labute approximate surface area is 123 Å². The molecule has 0 fully saturated rings. The zero-order valence-corrected chi connectivity index (χ0v) is 13.0. The molecule has 0 aromatic carbocycles. The summed E-state index contributed by atoms with van der Waals surface area (Å²) in [7, 11) is 0. The van der Waals surface area contributed by atoms with Crippen LogP contribution in [0.4, 0.5) is 0 Å². The van der Waals surface area contributed by atoms with Crippen LogP contribution in [0.25, 0.3) is 0 Å². The van der Waals surface area contributed by atoms with Crippen LogP contribution < -0.4 is 0 Å². The van der Waals surface area contributed by atoms with Gasteiger partial charge >= 0.3 is 0 Å². The zero-order chi connectivity index (χ0) is 14.7. The Morgan fingerprint density at radius 1 is 1.25 bits per heavy atom. The van der Waals surface area contributed by atoms with E-state index in [1.165, 1.54) is 5.57 Å². The highest BCUT2D eigenvalue weighted by atomic mass is 16.3. The molecule has 0 aromatic rings. The van der Waals surface area contributed by atoms with Crippen molar-refractivity contribution in [2.75, 3.05) is 0 Å². The number of ketones is 1. The summed E-state index contributed by atoms with van der Waals surface area (Å²) in [4.78, 5) is 12.2. The van der Waals surface area contributed by atoms with Crippen molar-refractivity contribution in [3.63, 3.8) is 0 Å². The lowest BCUT2D eigenvalue weighted by molar-refractivity contribution is -0.120. The molecule has 0 aromatic heterocycles. The first-order valence-electron chi connectivity index (χ1n) is 8.00. The number of aliphatic hydroxyl groups excluding tert-OH is 1. The summed E-state index contributed by atoms with van der Waals surface area (Å²) in [6, 6.07) is 0. The Morgan fingerprint density at radius 3 is 2.70 bits per heavy atom. The van der Waals surface area contributed by atoms with Crippen LogP contribution in [0.3, 0.4) is 0 Å². The van der Waals surface area contributed by atoms with Gasteiger partial charge in [-0.15, -0.1) is 0 Å². The molecule has 0 spiro atoms. The predicted octanol–water partition coefficient (Wildman–Crippen LogP) is 3.90. The fourth-order valence-electron chi connectivity index (χ4n) is 3.91. The van der Waals surface area contributed by atoms with Crippen molar-refractivity contribution < 1.29 is 9.90 Å². The van der Waals surface area contributed by atoms with Crippen molar-refractivity contribution in [1.29, 1.82) is 0 Å². The highest BCUT2D eigenvalue weighted by molar-refractivity contribution is 5.80. The van der Waals surface area contributed by atoms with Gasteiger partial charge in [0.05, 0.1) is 6.10 Å². The van der Waals surface area contributed by atoms with Crippen LogP contribution in [0.15, 0.2) is 23.8 Å². The first-order valence-corrected chi connectivity index (χ1v) is 8.00. The van der Waals surface area contributed by atoms with Crippen molar-refractivity contribution >= 4 is 5.78 Å². The molecule has 2 nitrogen and oxygen atoms in total. The topological polar surface area (TPSA) is 37.3 Å². The molecule has 4 atom stereocenters. The van der Waals surface area contributed by atoms with Crippen LogP contribution in [0.5, 0.6) is 0 Å². The SMILES string of the molecule is CC1=CC[C@H](C(C)C)[C@H]2CC(=O)C/C=C\C[C@@H](O)C[C@@H]12. The maximum absolute atomic E-state index is 12.2. The van der Waals surface area contributed by atoms with E-state index in [2.05, 4.69) is 26.8 Å². The molecule has 0 radical (unpaired) electrons. The third-order valence-corrected chi connectivity index (χ3v) is 5.13. The van der Waals surface area contributed by atoms with Crippen LogP contribution in [0.2, 0.25) is 0 Å². The molecule has 0 amide bonds. The van der Waals surface area contributed by atoms with Crippen LogP contribution in [-0.2, 0) is 4.79 Å². The summed E-state index contributed by atoms with van der Waals surface area (Å²) >= 11 is 0. The van der Waals surface area contributed by atoms with E-state index in [0.29, 0.717) is 48.7 Å². The van der Waals surface area contributed by atoms with Crippen molar-refractivity contribution in [1.82, 2.24) is 0 Å². The monoisotopic (exact) mass is 276 g/mol. The molecule has 0 bridgehead atoms. The lowest BCUT2D eigenvalue weighted by atomic mass is 9.64. The number of carbonyl (C=O) groups excluding carboxylic acids is 1. The van der Waals surface area contributed by atoms with Crippen molar-refractivity contribution in [2.45, 2.75) is 59.0 Å². The number of carbonyl (C=O) groups is 1. The van der Waals surface area contributed by atoms with Gasteiger partial charge in [0.15, 0.2) is 0 Å². The minimum Gasteiger partial charge on any atom is -0.393 e. The van der Waals surface area contributed by atoms with Crippen molar-refractivity contribution in [3.05, 3.63) is 23.8 Å². The second-order valence-corrected chi connectivity index (χ2v) is 6.91. The normalized spacial score (nSPS) is 37.2. The minimum atomic E-state index is -0.277. The van der Waals surface area contributed by atoms with Gasteiger partial charge in [-0.25, -0.2) is 0 Å². The van der Waals surface area contributed by atoms with Crippen molar-refractivity contribution in [3.8, 4) is 0 Å². The smallest absolute Gasteiger partial charge is 0.136 e. The minimum absolute atomic E-state index is 0.277. The Hall–Kier alpha value is -0.890. The molecule has 2 rings (SSSR count). The standard InChI is InChI=1S/C18H28O2/c1-12(2)16-9-8-13(3)17-10-14(19)6-4-5-7-15(20)11-18(16)17/h4-5,8,12,14,16-19H,6-7,9-11H2,1-3H3/b5-4-/t14-,16-,17+,18-/m1/s1. The average Bonchev–Trinajstić information content (AvgIpc) is 2.38. The van der Waals surface area contributed by atoms with Gasteiger partial charge in [0.2, 0.25) is 0 Å². The van der Waals surface area contributed by atoms with E-state index in [4.69, 9.17) is 0 Å². The first kappa shape index (κ1) is 15.5. The molecule has 0 saturated heterocycles. The number of Topliss-reactive ketones (excluding diaryl/α,β-unsaturated/α-hetero) is 1. The molecule has 2 aliphatic carbocycles. The number of hydrogen-bond donors (Lipinski definition) is 1. The van der Waals surface area contributed by atoms with Crippen LogP contribution >= 0.6 is 0 Å². The Kier molecular flexibility index (Phi) is 5.20. The van der Waals surface area contributed by atoms with Crippen LogP contribution in [-0.4, -0.2) is 17.0 Å². The Morgan fingerprint density at radius 2 is 2.00 bits per heavy atom. The summed E-state index contributed by atoms with van der Waals surface area (Å²) < 4.78 is 0. The molecule has 2 aliphatic rings. The van der Waals surface area contributed by atoms with Gasteiger partial charge in [0, 0.05) is 12.8 Å². The van der Waals surface area contributed by atoms with Gasteiger partial charge in [-0.1, -0.05) is 37.6 Å². The molecule has 0 unspecified atom stereocenters. The van der Waals surface area contributed by atoms with E-state index in [1.54, 1.807) is 0 Å². The lowest BCUT2D eigenvalue weighted by Gasteiger charge is -2.40. The molecule has 112 valence electrons. The lowest BCUT2D eigenvalue weighted by Crippen LogP contribution is -2.35. The van der Waals surface area contributed by atoms with E-state index in [0.717, 1.165) is 12.8 Å². The van der Waals surface area contributed by atoms with Crippen LogP contribution in [0.1, 0.15) is 52.9 Å². The maximum atomic E-state index is 12.2. The number of hydrogen-bond acceptors (Lipinski definition) is 2. The molecular weight excluding hydrogens is 248 g/mol. The summed E-state index contributed by atoms with van der Waals surface area (Å²) in [5.41, 5.74) is 1.38. The van der Waals surface area contributed by atoms with E-state index in [-0.39, 0.29) is 6.10 Å². The molecular formula is C18H28O2. The highest BCUT2D eigenvalue weighted by Crippen LogP contribution is 2.43. The summed E-state index contributed by atoms with van der Waals surface area (Å²) in [6.45, 7) is 6.69. The van der Waals surface area contributed by atoms with E-state index in [1.807, 2.05) is 12.2 Å². The number of rotatable bonds is 1. The fraction of sp³-hybridized carbons (Fsp3) is 0.722. The second kappa shape index (κ2) is 6.71. The molecule has 0 aliphatic heterocycles. The van der Waals surface area contributed by atoms with E-state index >= 15 is 0 Å². The first-order chi connectivity index (χ1) is 9.49. The third-order valence-electron chi connectivity index (χ3n) is 5.13. The van der Waals surface area contributed by atoms with Gasteiger partial charge < -0.3 is 5.11 Å². The molecule has 0 heterocycles. The zero-order valence-electron chi connectivity index (χ0n) is 13.0. The van der Waals surface area contributed by atoms with Crippen LogP contribution in [0, 0.1) is 23.7 Å². The molecule has 20 heavy (non-hydrogen) atoms. The average molecular weight is 276 g/mol. The predicted molar refractivity (Wildman–Crippen MR) is 82.3 cm³/mol. The second-order valence-electron chi connectivity index (χ2n) is 6.91. The van der Waals surface area contributed by atoms with Crippen molar-refractivity contribution in [2.24, 2.45) is 23.7 Å². The summed E-state index contributed by atoms with van der Waals surface area (Å²) in [5.74, 6) is 2.31.